The first-order chi connectivity index (χ1) is 5.58. The smallest absolute Gasteiger partial charge is 0.136 e. The molecule has 0 aromatic rings. The highest BCUT2D eigenvalue weighted by molar-refractivity contribution is 5.82. The van der Waals surface area contributed by atoms with E-state index in [-0.39, 0.29) is 11.3 Å². The topological polar surface area (TPSA) is 43.1 Å². The normalized spacial score (nSPS) is 25.9. The first-order valence-corrected chi connectivity index (χ1v) is 4.81. The van der Waals surface area contributed by atoms with Gasteiger partial charge in [-0.05, 0) is 24.8 Å². The van der Waals surface area contributed by atoms with Crippen LogP contribution in [0.3, 0.4) is 0 Å². The monoisotopic (exact) mass is 169 g/mol. The van der Waals surface area contributed by atoms with Crippen molar-refractivity contribution in [2.75, 3.05) is 6.54 Å². The molecule has 1 fully saturated rings. The lowest BCUT2D eigenvalue weighted by molar-refractivity contribution is -0.128. The molecule has 2 nitrogen and oxygen atoms in total. The second kappa shape index (κ2) is 3.56. The van der Waals surface area contributed by atoms with E-state index in [0.29, 0.717) is 12.3 Å². The van der Waals surface area contributed by atoms with Crippen LogP contribution in [0.15, 0.2) is 0 Å². The zero-order chi connectivity index (χ0) is 9.19. The van der Waals surface area contributed by atoms with Crippen molar-refractivity contribution < 1.29 is 4.79 Å². The van der Waals surface area contributed by atoms with E-state index >= 15 is 0 Å². The molecular weight excluding hydrogens is 150 g/mol. The molecule has 0 aromatic heterocycles. The summed E-state index contributed by atoms with van der Waals surface area (Å²) >= 11 is 0. The van der Waals surface area contributed by atoms with Gasteiger partial charge in [0.25, 0.3) is 0 Å². The quantitative estimate of drug-likeness (QED) is 0.684. The standard InChI is InChI=1S/C10H19NO/c1-10(2,7-11)8-5-3-4-6-9(8)12/h8H,3-7,11H2,1-2H3. The van der Waals surface area contributed by atoms with Crippen LogP contribution >= 0.6 is 0 Å². The average Bonchev–Trinajstić information content (AvgIpc) is 2.05. The number of carbonyl (C=O) groups excluding carboxylic acids is 1. The number of Topliss-reactive ketones (excluding diaryl/α,β-unsaturated/α-hetero) is 1. The van der Waals surface area contributed by atoms with E-state index < -0.39 is 0 Å². The lowest BCUT2D eigenvalue weighted by Crippen LogP contribution is -2.38. The molecule has 0 radical (unpaired) electrons. The van der Waals surface area contributed by atoms with Gasteiger partial charge in [-0.1, -0.05) is 20.3 Å². The Hall–Kier alpha value is -0.370. The Morgan fingerprint density at radius 1 is 1.50 bits per heavy atom. The number of nitrogens with two attached hydrogens (primary N) is 1. The fourth-order valence-corrected chi connectivity index (χ4v) is 1.95. The molecule has 0 aliphatic heterocycles. The molecule has 0 aromatic carbocycles. The van der Waals surface area contributed by atoms with Crippen molar-refractivity contribution >= 4 is 5.78 Å². The van der Waals surface area contributed by atoms with E-state index in [4.69, 9.17) is 5.73 Å². The second-order valence-electron chi connectivity index (χ2n) is 4.46. The maximum absolute atomic E-state index is 11.5. The third kappa shape index (κ3) is 1.86. The SMILES string of the molecule is CC(C)(CN)C1CCCCC1=O. The maximum atomic E-state index is 11.5. The third-order valence-electron chi connectivity index (χ3n) is 3.02. The molecule has 2 heteroatoms. The molecule has 1 atom stereocenters. The van der Waals surface area contributed by atoms with Crippen LogP contribution in [0.5, 0.6) is 0 Å². The largest absolute Gasteiger partial charge is 0.330 e. The van der Waals surface area contributed by atoms with Crippen molar-refractivity contribution in [1.29, 1.82) is 0 Å². The van der Waals surface area contributed by atoms with Gasteiger partial charge in [0.1, 0.15) is 5.78 Å². The second-order valence-corrected chi connectivity index (χ2v) is 4.46. The van der Waals surface area contributed by atoms with Crippen molar-refractivity contribution in [1.82, 2.24) is 0 Å². The van der Waals surface area contributed by atoms with Crippen LogP contribution in [0, 0.1) is 11.3 Å². The van der Waals surface area contributed by atoms with Gasteiger partial charge in [-0.2, -0.15) is 0 Å². The molecule has 1 aliphatic carbocycles. The summed E-state index contributed by atoms with van der Waals surface area (Å²) in [5.74, 6) is 0.646. The van der Waals surface area contributed by atoms with Crippen LogP contribution in [-0.2, 0) is 4.79 Å². The van der Waals surface area contributed by atoms with Crippen LogP contribution in [-0.4, -0.2) is 12.3 Å². The zero-order valence-electron chi connectivity index (χ0n) is 8.10. The van der Waals surface area contributed by atoms with E-state index in [0.717, 1.165) is 19.3 Å². The van der Waals surface area contributed by atoms with Crippen molar-refractivity contribution in [3.63, 3.8) is 0 Å². The van der Waals surface area contributed by atoms with Gasteiger partial charge < -0.3 is 5.73 Å². The number of carbonyl (C=O) groups is 1. The van der Waals surface area contributed by atoms with Crippen LogP contribution in [0.1, 0.15) is 39.5 Å². The van der Waals surface area contributed by atoms with Gasteiger partial charge >= 0.3 is 0 Å². The molecule has 1 unspecified atom stereocenters. The molecule has 0 bridgehead atoms. The van der Waals surface area contributed by atoms with E-state index in [2.05, 4.69) is 13.8 Å². The fourth-order valence-electron chi connectivity index (χ4n) is 1.95. The summed E-state index contributed by atoms with van der Waals surface area (Å²) in [5.41, 5.74) is 5.66. The average molecular weight is 169 g/mol. The van der Waals surface area contributed by atoms with Gasteiger partial charge in [0.15, 0.2) is 0 Å². The Morgan fingerprint density at radius 2 is 2.17 bits per heavy atom. The van der Waals surface area contributed by atoms with Gasteiger partial charge in [-0.15, -0.1) is 0 Å². The Morgan fingerprint density at radius 3 is 2.67 bits per heavy atom. The molecule has 0 heterocycles. The minimum atomic E-state index is 0.0114. The molecule has 1 saturated carbocycles. The van der Waals surface area contributed by atoms with Crippen molar-refractivity contribution in [3.05, 3.63) is 0 Å². The Labute approximate surface area is 74.5 Å². The maximum Gasteiger partial charge on any atom is 0.136 e. The summed E-state index contributed by atoms with van der Waals surface area (Å²) in [6, 6.07) is 0. The van der Waals surface area contributed by atoms with Gasteiger partial charge in [-0.3, -0.25) is 4.79 Å². The highest BCUT2D eigenvalue weighted by Crippen LogP contribution is 2.34. The molecule has 70 valence electrons. The zero-order valence-corrected chi connectivity index (χ0v) is 8.10. The predicted molar refractivity (Wildman–Crippen MR) is 49.8 cm³/mol. The molecule has 0 spiro atoms. The molecule has 2 N–H and O–H groups in total. The predicted octanol–water partition coefficient (Wildman–Crippen LogP) is 1.73. The molecule has 12 heavy (non-hydrogen) atoms. The fraction of sp³-hybridized carbons (Fsp3) is 0.900. The van der Waals surface area contributed by atoms with E-state index in [1.165, 1.54) is 6.42 Å². The van der Waals surface area contributed by atoms with Crippen molar-refractivity contribution in [3.8, 4) is 0 Å². The summed E-state index contributed by atoms with van der Waals surface area (Å²) < 4.78 is 0. The highest BCUT2D eigenvalue weighted by atomic mass is 16.1. The van der Waals surface area contributed by atoms with Crippen LogP contribution in [0.2, 0.25) is 0 Å². The Kier molecular flexibility index (Phi) is 2.89. The highest BCUT2D eigenvalue weighted by Gasteiger charge is 2.34. The van der Waals surface area contributed by atoms with E-state index in [9.17, 15) is 4.79 Å². The van der Waals surface area contributed by atoms with Gasteiger partial charge in [-0.25, -0.2) is 0 Å². The minimum absolute atomic E-state index is 0.0114. The molecule has 1 aliphatic rings. The van der Waals surface area contributed by atoms with Crippen molar-refractivity contribution in [2.45, 2.75) is 39.5 Å². The first-order valence-electron chi connectivity index (χ1n) is 4.81. The first kappa shape index (κ1) is 9.72. The lowest BCUT2D eigenvalue weighted by atomic mass is 9.70. The number of rotatable bonds is 2. The summed E-state index contributed by atoms with van der Waals surface area (Å²) in [6.07, 6.45) is 4.09. The van der Waals surface area contributed by atoms with Crippen LogP contribution < -0.4 is 5.73 Å². The Balaban J connectivity index is 2.65. The minimum Gasteiger partial charge on any atom is -0.330 e. The van der Waals surface area contributed by atoms with Gasteiger partial charge in [0.05, 0.1) is 0 Å². The number of hydrogen-bond acceptors (Lipinski definition) is 2. The van der Waals surface area contributed by atoms with E-state index in [1.807, 2.05) is 0 Å². The summed E-state index contributed by atoms with van der Waals surface area (Å²) in [7, 11) is 0. The lowest BCUT2D eigenvalue weighted by Gasteiger charge is -2.34. The number of hydrogen-bond donors (Lipinski definition) is 1. The van der Waals surface area contributed by atoms with Crippen LogP contribution in [0.4, 0.5) is 0 Å². The summed E-state index contributed by atoms with van der Waals surface area (Å²) in [4.78, 5) is 11.5. The Bertz CT molecular complexity index is 175. The third-order valence-corrected chi connectivity index (χ3v) is 3.02. The van der Waals surface area contributed by atoms with Gasteiger partial charge in [0.2, 0.25) is 0 Å². The summed E-state index contributed by atoms with van der Waals surface area (Å²) in [6.45, 7) is 4.81. The number of ketones is 1. The van der Waals surface area contributed by atoms with E-state index in [1.54, 1.807) is 0 Å². The molecule has 1 rings (SSSR count). The van der Waals surface area contributed by atoms with Crippen LogP contribution in [0.25, 0.3) is 0 Å². The van der Waals surface area contributed by atoms with Gasteiger partial charge in [0, 0.05) is 12.3 Å². The summed E-state index contributed by atoms with van der Waals surface area (Å²) in [5, 5.41) is 0. The van der Waals surface area contributed by atoms with Crippen molar-refractivity contribution in [2.24, 2.45) is 17.1 Å². The molecular formula is C10H19NO. The molecule has 0 saturated heterocycles. The molecule has 0 amide bonds.